The Labute approximate surface area is 115 Å². The Morgan fingerprint density at radius 1 is 1.21 bits per heavy atom. The molecule has 1 aromatic rings. The van der Waals surface area contributed by atoms with E-state index in [1.165, 1.54) is 25.7 Å². The maximum Gasteiger partial charge on any atom is 0.120 e. The van der Waals surface area contributed by atoms with Crippen LogP contribution >= 0.6 is 0 Å². The first-order chi connectivity index (χ1) is 9.19. The molecule has 2 bridgehead atoms. The molecule has 3 saturated carbocycles. The maximum atomic E-state index is 6.41. The normalized spacial score (nSPS) is 42.6. The van der Waals surface area contributed by atoms with E-state index >= 15 is 0 Å². The zero-order valence-electron chi connectivity index (χ0n) is 11.6. The van der Waals surface area contributed by atoms with Crippen molar-refractivity contribution >= 4 is 6.08 Å². The SMILES string of the molecule is C=Cc1ccc(OC2(C)CC3CC2C2CCC32)cc1. The lowest BCUT2D eigenvalue weighted by Crippen LogP contribution is -2.48. The van der Waals surface area contributed by atoms with Crippen molar-refractivity contribution in [3.05, 3.63) is 36.4 Å². The van der Waals surface area contributed by atoms with E-state index in [4.69, 9.17) is 4.74 Å². The molecule has 1 nitrogen and oxygen atoms in total. The van der Waals surface area contributed by atoms with Crippen LogP contribution in [0.25, 0.3) is 6.08 Å². The van der Waals surface area contributed by atoms with Gasteiger partial charge in [-0.05, 0) is 68.1 Å². The van der Waals surface area contributed by atoms with E-state index in [-0.39, 0.29) is 5.60 Å². The minimum absolute atomic E-state index is 0.0853. The Kier molecular flexibility index (Phi) is 2.36. The summed E-state index contributed by atoms with van der Waals surface area (Å²) in [4.78, 5) is 0. The Balaban J connectivity index is 1.54. The Morgan fingerprint density at radius 3 is 2.53 bits per heavy atom. The molecule has 0 heterocycles. The molecule has 3 aliphatic rings. The van der Waals surface area contributed by atoms with Crippen molar-refractivity contribution in [1.82, 2.24) is 0 Å². The van der Waals surface area contributed by atoms with Crippen LogP contribution in [0.15, 0.2) is 30.8 Å². The van der Waals surface area contributed by atoms with Crippen LogP contribution in [0.4, 0.5) is 0 Å². The van der Waals surface area contributed by atoms with E-state index in [2.05, 4.69) is 37.8 Å². The van der Waals surface area contributed by atoms with Gasteiger partial charge in [-0.25, -0.2) is 0 Å². The van der Waals surface area contributed by atoms with E-state index in [1.54, 1.807) is 0 Å². The third-order valence-corrected chi connectivity index (χ3v) is 5.98. The second-order valence-electron chi connectivity index (χ2n) is 6.90. The van der Waals surface area contributed by atoms with Crippen LogP contribution in [0.1, 0.15) is 38.2 Å². The molecule has 1 aromatic carbocycles. The van der Waals surface area contributed by atoms with E-state index in [0.717, 1.165) is 35.0 Å². The molecule has 0 aromatic heterocycles. The fourth-order valence-corrected chi connectivity index (χ4v) is 4.98. The number of hydrogen-bond donors (Lipinski definition) is 0. The minimum atomic E-state index is 0.0853. The average Bonchev–Trinajstić information content (AvgIpc) is 2.78. The van der Waals surface area contributed by atoms with Gasteiger partial charge in [0.2, 0.25) is 0 Å². The molecule has 19 heavy (non-hydrogen) atoms. The molecule has 3 fully saturated rings. The van der Waals surface area contributed by atoms with Crippen molar-refractivity contribution < 1.29 is 4.74 Å². The molecule has 0 aliphatic heterocycles. The summed E-state index contributed by atoms with van der Waals surface area (Å²) in [6.45, 7) is 6.13. The zero-order chi connectivity index (χ0) is 13.0. The minimum Gasteiger partial charge on any atom is -0.487 e. The second kappa shape index (κ2) is 3.88. The highest BCUT2D eigenvalue weighted by atomic mass is 16.5. The van der Waals surface area contributed by atoms with Crippen LogP contribution < -0.4 is 4.74 Å². The quantitative estimate of drug-likeness (QED) is 0.770. The van der Waals surface area contributed by atoms with Gasteiger partial charge in [-0.1, -0.05) is 24.8 Å². The van der Waals surface area contributed by atoms with Gasteiger partial charge in [0, 0.05) is 5.92 Å². The van der Waals surface area contributed by atoms with Gasteiger partial charge in [0.15, 0.2) is 0 Å². The summed E-state index contributed by atoms with van der Waals surface area (Å²) in [5.41, 5.74) is 1.24. The molecule has 0 N–H and O–H groups in total. The monoisotopic (exact) mass is 254 g/mol. The van der Waals surface area contributed by atoms with Gasteiger partial charge in [-0.15, -0.1) is 0 Å². The Bertz CT molecular complexity index is 501. The predicted molar refractivity (Wildman–Crippen MR) is 78.0 cm³/mol. The van der Waals surface area contributed by atoms with Crippen molar-refractivity contribution in [3.63, 3.8) is 0 Å². The number of hydrogen-bond acceptors (Lipinski definition) is 1. The summed E-state index contributed by atoms with van der Waals surface area (Å²) in [6.07, 6.45) is 7.48. The smallest absolute Gasteiger partial charge is 0.120 e. The maximum absolute atomic E-state index is 6.41. The average molecular weight is 254 g/mol. The van der Waals surface area contributed by atoms with E-state index < -0.39 is 0 Å². The van der Waals surface area contributed by atoms with Gasteiger partial charge in [0.1, 0.15) is 11.4 Å². The van der Waals surface area contributed by atoms with Crippen LogP contribution in [0.3, 0.4) is 0 Å². The summed E-state index contributed by atoms with van der Waals surface area (Å²) >= 11 is 0. The highest BCUT2D eigenvalue weighted by molar-refractivity contribution is 5.48. The molecule has 0 radical (unpaired) electrons. The molecular formula is C18H22O. The van der Waals surface area contributed by atoms with Crippen LogP contribution in [0.5, 0.6) is 5.75 Å². The molecule has 0 amide bonds. The standard InChI is InChI=1S/C18H22O/c1-3-12-4-6-14(7-5-12)19-18(2)11-13-10-17(18)16-9-8-15(13)16/h3-7,13,15-17H,1,8-11H2,2H3. The van der Waals surface area contributed by atoms with E-state index in [0.29, 0.717) is 0 Å². The fourth-order valence-electron chi connectivity index (χ4n) is 4.98. The van der Waals surface area contributed by atoms with E-state index in [1.807, 2.05) is 6.08 Å². The van der Waals surface area contributed by atoms with Crippen molar-refractivity contribution in [3.8, 4) is 5.75 Å². The molecule has 3 aliphatic carbocycles. The summed E-state index contributed by atoms with van der Waals surface area (Å²) < 4.78 is 6.41. The first-order valence-corrected chi connectivity index (χ1v) is 7.61. The molecule has 0 spiro atoms. The Morgan fingerprint density at radius 2 is 1.95 bits per heavy atom. The lowest BCUT2D eigenvalue weighted by Gasteiger charge is -2.48. The predicted octanol–water partition coefficient (Wildman–Crippen LogP) is 4.53. The van der Waals surface area contributed by atoms with Crippen LogP contribution in [0, 0.1) is 23.7 Å². The van der Waals surface area contributed by atoms with Gasteiger partial charge in [0.05, 0.1) is 0 Å². The van der Waals surface area contributed by atoms with E-state index in [9.17, 15) is 0 Å². The van der Waals surface area contributed by atoms with Gasteiger partial charge in [-0.3, -0.25) is 0 Å². The first-order valence-electron chi connectivity index (χ1n) is 7.61. The molecular weight excluding hydrogens is 232 g/mol. The molecule has 5 atom stereocenters. The van der Waals surface area contributed by atoms with Gasteiger partial charge in [0.25, 0.3) is 0 Å². The lowest BCUT2D eigenvalue weighted by molar-refractivity contribution is -0.0486. The summed E-state index contributed by atoms with van der Waals surface area (Å²) in [5, 5.41) is 0. The highest BCUT2D eigenvalue weighted by Gasteiger charge is 2.62. The largest absolute Gasteiger partial charge is 0.487 e. The molecule has 4 rings (SSSR count). The lowest BCUT2D eigenvalue weighted by atomic mass is 9.61. The highest BCUT2D eigenvalue weighted by Crippen LogP contribution is 2.65. The Hall–Kier alpha value is -1.24. The van der Waals surface area contributed by atoms with Crippen LogP contribution in [0.2, 0.25) is 0 Å². The molecule has 5 unspecified atom stereocenters. The summed E-state index contributed by atoms with van der Waals surface area (Å²) in [7, 11) is 0. The third-order valence-electron chi connectivity index (χ3n) is 5.98. The summed E-state index contributed by atoms with van der Waals surface area (Å²) in [5.74, 6) is 4.79. The van der Waals surface area contributed by atoms with Gasteiger partial charge < -0.3 is 4.74 Å². The topological polar surface area (TPSA) is 9.23 Å². The number of ether oxygens (including phenoxy) is 1. The van der Waals surface area contributed by atoms with Gasteiger partial charge in [-0.2, -0.15) is 0 Å². The van der Waals surface area contributed by atoms with Crippen molar-refractivity contribution in [2.24, 2.45) is 23.7 Å². The fraction of sp³-hybridized carbons (Fsp3) is 0.556. The summed E-state index contributed by atoms with van der Waals surface area (Å²) in [6, 6.07) is 8.36. The van der Waals surface area contributed by atoms with Crippen molar-refractivity contribution in [1.29, 1.82) is 0 Å². The molecule has 1 heteroatoms. The molecule has 100 valence electrons. The number of rotatable bonds is 3. The molecule has 0 saturated heterocycles. The number of benzene rings is 1. The first kappa shape index (κ1) is 11.6. The zero-order valence-corrected chi connectivity index (χ0v) is 11.6. The van der Waals surface area contributed by atoms with Crippen LogP contribution in [-0.4, -0.2) is 5.60 Å². The third kappa shape index (κ3) is 1.60. The second-order valence-corrected chi connectivity index (χ2v) is 6.90. The van der Waals surface area contributed by atoms with Crippen molar-refractivity contribution in [2.45, 2.75) is 38.2 Å². The van der Waals surface area contributed by atoms with Crippen molar-refractivity contribution in [2.75, 3.05) is 0 Å². The number of fused-ring (bicyclic) bond motifs is 5. The van der Waals surface area contributed by atoms with Gasteiger partial charge >= 0.3 is 0 Å². The van der Waals surface area contributed by atoms with Crippen LogP contribution in [-0.2, 0) is 0 Å².